The maximum atomic E-state index is 9.72. The van der Waals surface area contributed by atoms with Crippen LogP contribution in [-0.4, -0.2) is 61.0 Å². The summed E-state index contributed by atoms with van der Waals surface area (Å²) in [5, 5.41) is 13.2. The van der Waals surface area contributed by atoms with Gasteiger partial charge in [0.05, 0.1) is 18.8 Å². The fraction of sp³-hybridized carbons (Fsp3) is 1.00. The van der Waals surface area contributed by atoms with E-state index in [1.54, 1.807) is 7.11 Å². The second-order valence-corrected chi connectivity index (χ2v) is 6.56. The Morgan fingerprint density at radius 3 is 2.42 bits per heavy atom. The third-order valence-electron chi connectivity index (χ3n) is 4.00. The van der Waals surface area contributed by atoms with E-state index in [-0.39, 0.29) is 12.1 Å². The molecule has 2 unspecified atom stereocenters. The highest BCUT2D eigenvalue weighted by Gasteiger charge is 2.35. The summed E-state index contributed by atoms with van der Waals surface area (Å²) >= 11 is 0. The van der Waals surface area contributed by atoms with Crippen molar-refractivity contribution in [2.24, 2.45) is 5.92 Å². The molecule has 1 aliphatic rings. The molecule has 0 aromatic rings. The Balaban J connectivity index is 2.61. The quantitative estimate of drug-likeness (QED) is 0.632. The van der Waals surface area contributed by atoms with Gasteiger partial charge in [-0.25, -0.2) is 0 Å². The Morgan fingerprint density at radius 2 is 2.00 bits per heavy atom. The van der Waals surface area contributed by atoms with Gasteiger partial charge in [0.2, 0.25) is 0 Å². The fourth-order valence-electron chi connectivity index (χ4n) is 2.80. The Bertz CT molecular complexity index is 257. The number of hydrogen-bond acceptors (Lipinski definition) is 4. The van der Waals surface area contributed by atoms with Crippen molar-refractivity contribution in [3.8, 4) is 0 Å². The van der Waals surface area contributed by atoms with Crippen LogP contribution in [0.25, 0.3) is 0 Å². The smallest absolute Gasteiger partial charge is 0.0623 e. The molecule has 1 saturated carbocycles. The highest BCUT2D eigenvalue weighted by Crippen LogP contribution is 2.35. The Kier molecular flexibility index (Phi) is 6.74. The first kappa shape index (κ1) is 16.9. The number of ether oxygens (including phenoxy) is 1. The van der Waals surface area contributed by atoms with Gasteiger partial charge in [-0.05, 0) is 32.6 Å². The minimum absolute atomic E-state index is 0.159. The van der Waals surface area contributed by atoms with E-state index in [4.69, 9.17) is 4.74 Å². The topological polar surface area (TPSA) is 44.7 Å². The van der Waals surface area contributed by atoms with Crippen molar-refractivity contribution >= 4 is 0 Å². The van der Waals surface area contributed by atoms with Crippen molar-refractivity contribution in [1.29, 1.82) is 0 Å². The summed E-state index contributed by atoms with van der Waals surface area (Å²) in [6.45, 7) is 11.4. The summed E-state index contributed by atoms with van der Waals surface area (Å²) in [6, 6.07) is 0.952. The van der Waals surface area contributed by atoms with E-state index >= 15 is 0 Å². The van der Waals surface area contributed by atoms with Crippen LogP contribution in [0.5, 0.6) is 0 Å². The number of rotatable bonds is 10. The Labute approximate surface area is 118 Å². The van der Waals surface area contributed by atoms with Crippen molar-refractivity contribution in [3.63, 3.8) is 0 Å². The molecule has 0 saturated heterocycles. The number of nitrogens with one attached hydrogen (secondary N) is 1. The van der Waals surface area contributed by atoms with Crippen molar-refractivity contribution in [2.45, 2.75) is 58.2 Å². The summed E-state index contributed by atoms with van der Waals surface area (Å²) in [5.74, 6) is 0.832. The minimum atomic E-state index is -0.245. The number of methoxy groups -OCH3 is 1. The normalized spacial score (nSPS) is 20.8. The zero-order valence-corrected chi connectivity index (χ0v) is 13.3. The average Bonchev–Trinajstić information content (AvgIpc) is 3.17. The van der Waals surface area contributed by atoms with Crippen LogP contribution in [0, 0.1) is 5.92 Å². The molecule has 4 heteroatoms. The van der Waals surface area contributed by atoms with E-state index in [1.165, 1.54) is 12.8 Å². The molecule has 0 amide bonds. The highest BCUT2D eigenvalue weighted by molar-refractivity contribution is 4.92. The lowest BCUT2D eigenvalue weighted by molar-refractivity contribution is 0.0645. The summed E-state index contributed by atoms with van der Waals surface area (Å²) in [5.41, 5.74) is -0.245. The summed E-state index contributed by atoms with van der Waals surface area (Å²) < 4.78 is 5.23. The van der Waals surface area contributed by atoms with Crippen LogP contribution >= 0.6 is 0 Å². The zero-order valence-electron chi connectivity index (χ0n) is 13.3. The monoisotopic (exact) mass is 272 g/mol. The van der Waals surface area contributed by atoms with Crippen molar-refractivity contribution in [3.05, 3.63) is 0 Å². The molecular weight excluding hydrogens is 240 g/mol. The lowest BCUT2D eigenvalue weighted by atomic mass is 9.99. The fourth-order valence-corrected chi connectivity index (χ4v) is 2.80. The van der Waals surface area contributed by atoms with E-state index in [0.29, 0.717) is 12.1 Å². The van der Waals surface area contributed by atoms with Gasteiger partial charge >= 0.3 is 0 Å². The number of aliphatic hydroxyl groups is 1. The molecular formula is C15H32N2O2. The average molecular weight is 272 g/mol. The molecule has 1 fully saturated rings. The van der Waals surface area contributed by atoms with Gasteiger partial charge in [-0.2, -0.15) is 0 Å². The number of aliphatic hydroxyl groups excluding tert-OH is 1. The molecule has 2 atom stereocenters. The third-order valence-corrected chi connectivity index (χ3v) is 4.00. The Morgan fingerprint density at radius 1 is 1.37 bits per heavy atom. The lowest BCUT2D eigenvalue weighted by Crippen LogP contribution is -2.58. The van der Waals surface area contributed by atoms with Crippen molar-refractivity contribution in [1.82, 2.24) is 10.2 Å². The van der Waals surface area contributed by atoms with Crippen LogP contribution < -0.4 is 5.32 Å². The maximum Gasteiger partial charge on any atom is 0.0623 e. The number of hydrogen-bond donors (Lipinski definition) is 2. The number of nitrogens with zero attached hydrogens (tertiary/aromatic N) is 1. The second kappa shape index (κ2) is 7.58. The van der Waals surface area contributed by atoms with Gasteiger partial charge in [-0.3, -0.25) is 4.90 Å². The first-order valence-corrected chi connectivity index (χ1v) is 7.53. The van der Waals surface area contributed by atoms with Gasteiger partial charge in [0.15, 0.2) is 0 Å². The molecule has 0 spiro atoms. The first-order valence-electron chi connectivity index (χ1n) is 7.53. The van der Waals surface area contributed by atoms with Gasteiger partial charge in [0, 0.05) is 32.3 Å². The first-order chi connectivity index (χ1) is 8.91. The van der Waals surface area contributed by atoms with Crippen LogP contribution in [-0.2, 0) is 4.74 Å². The molecule has 0 aliphatic heterocycles. The minimum Gasteiger partial charge on any atom is -0.394 e. The largest absolute Gasteiger partial charge is 0.394 e. The molecule has 0 radical (unpaired) electrons. The molecule has 0 heterocycles. The molecule has 0 aromatic heterocycles. The SMILES string of the molecule is COCCN(CC(C)(CO)NC(C)C)C(C)C1CC1. The van der Waals surface area contributed by atoms with Crippen LogP contribution in [0.15, 0.2) is 0 Å². The van der Waals surface area contributed by atoms with E-state index in [9.17, 15) is 5.11 Å². The van der Waals surface area contributed by atoms with Crippen molar-refractivity contribution < 1.29 is 9.84 Å². The van der Waals surface area contributed by atoms with E-state index in [2.05, 4.69) is 37.9 Å². The maximum absolute atomic E-state index is 9.72. The van der Waals surface area contributed by atoms with Crippen molar-refractivity contribution in [2.75, 3.05) is 33.4 Å². The highest BCUT2D eigenvalue weighted by atomic mass is 16.5. The van der Waals surface area contributed by atoms with E-state index in [0.717, 1.165) is 25.6 Å². The standard InChI is InChI=1S/C15H32N2O2/c1-12(2)16-15(4,11-18)10-17(8-9-19-5)13(3)14-6-7-14/h12-14,16,18H,6-11H2,1-5H3. The van der Waals surface area contributed by atoms with E-state index in [1.807, 2.05) is 0 Å². The van der Waals surface area contributed by atoms with Crippen LogP contribution in [0.1, 0.15) is 40.5 Å². The molecule has 0 bridgehead atoms. The van der Waals surface area contributed by atoms with Crippen LogP contribution in [0.2, 0.25) is 0 Å². The molecule has 0 aromatic carbocycles. The predicted molar refractivity (Wildman–Crippen MR) is 79.4 cm³/mol. The second-order valence-electron chi connectivity index (χ2n) is 6.56. The summed E-state index contributed by atoms with van der Waals surface area (Å²) in [7, 11) is 1.75. The third kappa shape index (κ3) is 5.78. The van der Waals surface area contributed by atoms with Gasteiger partial charge in [0.25, 0.3) is 0 Å². The molecule has 1 rings (SSSR count). The molecule has 114 valence electrons. The summed E-state index contributed by atoms with van der Waals surface area (Å²) in [4.78, 5) is 2.47. The van der Waals surface area contributed by atoms with Gasteiger partial charge in [-0.15, -0.1) is 0 Å². The van der Waals surface area contributed by atoms with Gasteiger partial charge in [0.1, 0.15) is 0 Å². The van der Waals surface area contributed by atoms with Crippen LogP contribution in [0.3, 0.4) is 0 Å². The van der Waals surface area contributed by atoms with Crippen LogP contribution in [0.4, 0.5) is 0 Å². The molecule has 2 N–H and O–H groups in total. The lowest BCUT2D eigenvalue weighted by Gasteiger charge is -2.39. The van der Waals surface area contributed by atoms with Gasteiger partial charge in [-0.1, -0.05) is 13.8 Å². The molecule has 4 nitrogen and oxygen atoms in total. The summed E-state index contributed by atoms with van der Waals surface area (Å²) in [6.07, 6.45) is 2.69. The predicted octanol–water partition coefficient (Wildman–Crippen LogP) is 1.48. The Hall–Kier alpha value is -0.160. The molecule has 19 heavy (non-hydrogen) atoms. The molecule has 1 aliphatic carbocycles. The van der Waals surface area contributed by atoms with E-state index < -0.39 is 0 Å². The zero-order chi connectivity index (χ0) is 14.5. The van der Waals surface area contributed by atoms with Gasteiger partial charge < -0.3 is 15.2 Å².